The third kappa shape index (κ3) is 4.78. The molecule has 1 amide bonds. The van der Waals surface area contributed by atoms with Gasteiger partial charge in [0.25, 0.3) is 5.56 Å². The highest BCUT2D eigenvalue weighted by molar-refractivity contribution is 7.17. The van der Waals surface area contributed by atoms with Crippen molar-refractivity contribution in [2.24, 2.45) is 0 Å². The molecule has 0 unspecified atom stereocenters. The molecular weight excluding hydrogens is 442 g/mol. The first-order valence-electron chi connectivity index (χ1n) is 10.2. The summed E-state index contributed by atoms with van der Waals surface area (Å²) in [5.41, 5.74) is 2.23. The quantitative estimate of drug-likeness (QED) is 0.417. The van der Waals surface area contributed by atoms with Gasteiger partial charge in [-0.15, -0.1) is 11.3 Å². The van der Waals surface area contributed by atoms with Crippen LogP contribution in [0.3, 0.4) is 0 Å². The number of fused-ring (bicyclic) bond motifs is 1. The van der Waals surface area contributed by atoms with Gasteiger partial charge in [0, 0.05) is 16.6 Å². The van der Waals surface area contributed by atoms with Gasteiger partial charge < -0.3 is 14.8 Å². The Morgan fingerprint density at radius 3 is 2.48 bits per heavy atom. The van der Waals surface area contributed by atoms with Gasteiger partial charge >= 0.3 is 5.97 Å². The summed E-state index contributed by atoms with van der Waals surface area (Å²) < 4.78 is 11.4. The molecule has 2 heterocycles. The highest BCUT2D eigenvalue weighted by Crippen LogP contribution is 2.31. The third-order valence-corrected chi connectivity index (χ3v) is 5.84. The van der Waals surface area contributed by atoms with E-state index in [1.807, 2.05) is 29.6 Å². The lowest BCUT2D eigenvalue weighted by molar-refractivity contribution is -0.116. The predicted octanol–water partition coefficient (Wildman–Crippen LogP) is 3.95. The fourth-order valence-electron chi connectivity index (χ4n) is 3.32. The van der Waals surface area contributed by atoms with E-state index in [1.54, 1.807) is 38.3 Å². The van der Waals surface area contributed by atoms with E-state index < -0.39 is 5.97 Å². The molecule has 8 nitrogen and oxygen atoms in total. The van der Waals surface area contributed by atoms with Crippen LogP contribution in [-0.4, -0.2) is 35.1 Å². The summed E-state index contributed by atoms with van der Waals surface area (Å²) in [4.78, 5) is 42.4. The number of benzene rings is 2. The molecule has 0 bridgehead atoms. The monoisotopic (exact) mass is 463 g/mol. The Kier molecular flexibility index (Phi) is 6.50. The fraction of sp³-hybridized carbons (Fsp3) is 0.167. The number of aromatic nitrogens is 2. The van der Waals surface area contributed by atoms with Crippen LogP contribution in [0, 0.1) is 0 Å². The maximum atomic E-state index is 13.1. The van der Waals surface area contributed by atoms with Crippen molar-refractivity contribution in [3.8, 4) is 16.9 Å². The van der Waals surface area contributed by atoms with Crippen molar-refractivity contribution in [1.82, 2.24) is 9.55 Å². The highest BCUT2D eigenvalue weighted by Gasteiger charge is 2.15. The molecule has 168 valence electrons. The lowest BCUT2D eigenvalue weighted by Gasteiger charge is -2.09. The predicted molar refractivity (Wildman–Crippen MR) is 127 cm³/mol. The molecule has 0 aliphatic heterocycles. The molecule has 33 heavy (non-hydrogen) atoms. The van der Waals surface area contributed by atoms with Crippen LogP contribution in [0.1, 0.15) is 17.3 Å². The minimum Gasteiger partial charge on any atom is -0.497 e. The van der Waals surface area contributed by atoms with Crippen molar-refractivity contribution in [3.05, 3.63) is 76.2 Å². The number of esters is 1. The van der Waals surface area contributed by atoms with Crippen LogP contribution < -0.4 is 15.6 Å². The molecule has 9 heteroatoms. The molecule has 4 rings (SSSR count). The van der Waals surface area contributed by atoms with Crippen molar-refractivity contribution in [2.75, 3.05) is 19.0 Å². The van der Waals surface area contributed by atoms with Crippen molar-refractivity contribution >= 4 is 39.1 Å². The van der Waals surface area contributed by atoms with E-state index in [2.05, 4.69) is 10.3 Å². The van der Waals surface area contributed by atoms with Crippen LogP contribution in [0.5, 0.6) is 5.75 Å². The Morgan fingerprint density at radius 1 is 1.09 bits per heavy atom. The Bertz CT molecular complexity index is 1360. The van der Waals surface area contributed by atoms with E-state index in [0.29, 0.717) is 21.5 Å². The zero-order chi connectivity index (χ0) is 23.4. The first-order chi connectivity index (χ1) is 16.0. The minimum absolute atomic E-state index is 0.195. The summed E-state index contributed by atoms with van der Waals surface area (Å²) in [7, 11) is 1.59. The van der Waals surface area contributed by atoms with E-state index in [9.17, 15) is 14.4 Å². The Hall–Kier alpha value is -3.98. The molecule has 0 fully saturated rings. The van der Waals surface area contributed by atoms with Crippen molar-refractivity contribution < 1.29 is 19.1 Å². The van der Waals surface area contributed by atoms with Crippen LogP contribution in [0.15, 0.2) is 65.0 Å². The minimum atomic E-state index is -0.426. The van der Waals surface area contributed by atoms with E-state index in [1.165, 1.54) is 22.2 Å². The average Bonchev–Trinajstić information content (AvgIpc) is 3.26. The first-order valence-corrected chi connectivity index (χ1v) is 11.1. The van der Waals surface area contributed by atoms with Gasteiger partial charge in [0.2, 0.25) is 5.91 Å². The summed E-state index contributed by atoms with van der Waals surface area (Å²) in [6.45, 7) is 1.82. The van der Waals surface area contributed by atoms with Crippen molar-refractivity contribution in [1.29, 1.82) is 0 Å². The van der Waals surface area contributed by atoms with Gasteiger partial charge in [-0.05, 0) is 48.9 Å². The second kappa shape index (κ2) is 9.66. The Balaban J connectivity index is 1.54. The number of amides is 1. The van der Waals surface area contributed by atoms with Crippen LogP contribution in [0.2, 0.25) is 0 Å². The molecule has 0 atom stereocenters. The zero-order valence-electron chi connectivity index (χ0n) is 18.0. The molecule has 0 aliphatic carbocycles. The first kappa shape index (κ1) is 22.2. The van der Waals surface area contributed by atoms with Crippen LogP contribution in [0.4, 0.5) is 5.69 Å². The maximum Gasteiger partial charge on any atom is 0.338 e. The van der Waals surface area contributed by atoms with Gasteiger partial charge in [-0.3, -0.25) is 14.2 Å². The number of carbonyl (C=O) groups is 2. The average molecular weight is 464 g/mol. The highest BCUT2D eigenvalue weighted by atomic mass is 32.1. The number of methoxy groups -OCH3 is 1. The van der Waals surface area contributed by atoms with E-state index in [-0.39, 0.29) is 24.6 Å². The van der Waals surface area contributed by atoms with Crippen LogP contribution >= 0.6 is 11.3 Å². The largest absolute Gasteiger partial charge is 0.497 e. The molecule has 0 saturated heterocycles. The molecule has 0 aliphatic rings. The lowest BCUT2D eigenvalue weighted by atomic mass is 10.1. The van der Waals surface area contributed by atoms with Gasteiger partial charge in [-0.2, -0.15) is 0 Å². The Morgan fingerprint density at radius 2 is 1.82 bits per heavy atom. The Labute approximate surface area is 193 Å². The molecule has 0 spiro atoms. The van der Waals surface area contributed by atoms with Gasteiger partial charge in [-0.25, -0.2) is 9.78 Å². The number of rotatable bonds is 7. The molecular formula is C24H21N3O5S. The molecule has 0 radical (unpaired) electrons. The summed E-state index contributed by atoms with van der Waals surface area (Å²) in [6, 6.07) is 13.8. The molecule has 1 N–H and O–H groups in total. The topological polar surface area (TPSA) is 99.5 Å². The number of hydrogen-bond acceptors (Lipinski definition) is 7. The van der Waals surface area contributed by atoms with E-state index in [0.717, 1.165) is 16.9 Å². The number of nitrogens with one attached hydrogen (secondary N) is 1. The van der Waals surface area contributed by atoms with Crippen molar-refractivity contribution in [3.63, 3.8) is 0 Å². The molecule has 4 aromatic rings. The molecule has 2 aromatic carbocycles. The second-order valence-corrected chi connectivity index (χ2v) is 7.94. The number of ether oxygens (including phenoxy) is 2. The normalized spacial score (nSPS) is 10.7. The number of nitrogens with zero attached hydrogens (tertiary/aromatic N) is 2. The standard InChI is InChI=1S/C24H21N3O5S/c1-3-32-24(30)16-4-8-17(9-5-16)26-20(28)12-27-14-25-22-21(23(27)29)19(13-33-22)15-6-10-18(31-2)11-7-15/h4-11,13-14H,3,12H2,1-2H3,(H,26,28). The van der Waals surface area contributed by atoms with Gasteiger partial charge in [0.15, 0.2) is 0 Å². The number of thiophene rings is 1. The van der Waals surface area contributed by atoms with E-state index in [4.69, 9.17) is 9.47 Å². The summed E-state index contributed by atoms with van der Waals surface area (Å²) in [5.74, 6) is -0.0890. The maximum absolute atomic E-state index is 13.1. The summed E-state index contributed by atoms with van der Waals surface area (Å²) in [5, 5.41) is 5.08. The second-order valence-electron chi connectivity index (χ2n) is 7.08. The summed E-state index contributed by atoms with van der Waals surface area (Å²) in [6.07, 6.45) is 1.38. The fourth-order valence-corrected chi connectivity index (χ4v) is 4.23. The third-order valence-electron chi connectivity index (χ3n) is 4.96. The van der Waals surface area contributed by atoms with Gasteiger partial charge in [0.05, 0.1) is 31.0 Å². The summed E-state index contributed by atoms with van der Waals surface area (Å²) >= 11 is 1.38. The van der Waals surface area contributed by atoms with Gasteiger partial charge in [-0.1, -0.05) is 12.1 Å². The van der Waals surface area contributed by atoms with Gasteiger partial charge in [0.1, 0.15) is 17.1 Å². The number of carbonyl (C=O) groups excluding carboxylic acids is 2. The SMILES string of the molecule is CCOC(=O)c1ccc(NC(=O)Cn2cnc3scc(-c4ccc(OC)cc4)c3c2=O)cc1. The molecule has 0 saturated carbocycles. The number of hydrogen-bond donors (Lipinski definition) is 1. The van der Waals surface area contributed by atoms with E-state index >= 15 is 0 Å². The number of anilines is 1. The van der Waals surface area contributed by atoms with Crippen LogP contribution in [-0.2, 0) is 16.1 Å². The van der Waals surface area contributed by atoms with Crippen LogP contribution in [0.25, 0.3) is 21.3 Å². The van der Waals surface area contributed by atoms with Crippen molar-refractivity contribution in [2.45, 2.75) is 13.5 Å². The smallest absolute Gasteiger partial charge is 0.338 e. The molecule has 2 aromatic heterocycles. The lowest BCUT2D eigenvalue weighted by Crippen LogP contribution is -2.27. The zero-order valence-corrected chi connectivity index (χ0v) is 18.8.